The van der Waals surface area contributed by atoms with Gasteiger partial charge in [0.15, 0.2) is 0 Å². The molecule has 2 rings (SSSR count). The molecular weight excluding hydrogens is 460 g/mol. The van der Waals surface area contributed by atoms with Gasteiger partial charge in [-0.05, 0) is 56.0 Å². The van der Waals surface area contributed by atoms with Gasteiger partial charge in [-0.15, -0.1) is 11.8 Å². The van der Waals surface area contributed by atoms with Crippen LogP contribution < -0.4 is 5.32 Å². The van der Waals surface area contributed by atoms with Crippen molar-refractivity contribution >= 4 is 39.5 Å². The molecule has 0 saturated heterocycles. The second kappa shape index (κ2) is 12.2. The number of carbonyl (C=O) groups excluding carboxylic acids is 2. The monoisotopic (exact) mass is 490 g/mol. The fourth-order valence-corrected chi connectivity index (χ4v) is 4.07. The Kier molecular flexibility index (Phi) is 9.92. The van der Waals surface area contributed by atoms with Gasteiger partial charge in [0, 0.05) is 22.8 Å². The lowest BCUT2D eigenvalue weighted by molar-refractivity contribution is -0.138. The van der Waals surface area contributed by atoms with E-state index in [0.29, 0.717) is 12.3 Å². The highest BCUT2D eigenvalue weighted by atomic mass is 79.9. The molecule has 30 heavy (non-hydrogen) atoms. The minimum atomic E-state index is -0.528. The van der Waals surface area contributed by atoms with E-state index in [-0.39, 0.29) is 17.9 Å². The fourth-order valence-electron chi connectivity index (χ4n) is 2.94. The molecule has 0 fully saturated rings. The van der Waals surface area contributed by atoms with Crippen LogP contribution in [0.15, 0.2) is 53.0 Å². The average molecular weight is 491 g/mol. The van der Waals surface area contributed by atoms with Gasteiger partial charge in [0.25, 0.3) is 0 Å². The molecule has 6 heteroatoms. The summed E-state index contributed by atoms with van der Waals surface area (Å²) in [6.07, 6.45) is 0.854. The van der Waals surface area contributed by atoms with E-state index in [1.54, 1.807) is 16.7 Å². The summed E-state index contributed by atoms with van der Waals surface area (Å²) in [6, 6.07) is 15.7. The third-order valence-electron chi connectivity index (χ3n) is 5.18. The van der Waals surface area contributed by atoms with Crippen LogP contribution in [0.4, 0.5) is 0 Å². The summed E-state index contributed by atoms with van der Waals surface area (Å²) in [5.74, 6) is 0.962. The Labute approximate surface area is 192 Å². The molecule has 0 aliphatic carbocycles. The molecule has 2 unspecified atom stereocenters. The van der Waals surface area contributed by atoms with Gasteiger partial charge in [-0.3, -0.25) is 9.59 Å². The second-order valence-corrected chi connectivity index (χ2v) is 9.46. The zero-order valence-electron chi connectivity index (χ0n) is 18.2. The Bertz CT molecular complexity index is 841. The highest BCUT2D eigenvalue weighted by Gasteiger charge is 2.27. The molecule has 2 amide bonds. The van der Waals surface area contributed by atoms with Gasteiger partial charge in [-0.1, -0.05) is 59.3 Å². The van der Waals surface area contributed by atoms with Crippen molar-refractivity contribution in [3.05, 3.63) is 69.7 Å². The van der Waals surface area contributed by atoms with E-state index in [1.807, 2.05) is 64.1 Å². The Hall–Kier alpha value is -1.79. The molecule has 0 aromatic heterocycles. The summed E-state index contributed by atoms with van der Waals surface area (Å²) in [5, 5.41) is 3.01. The molecule has 0 aliphatic rings. The first-order chi connectivity index (χ1) is 14.3. The molecule has 0 spiro atoms. The van der Waals surface area contributed by atoms with Crippen LogP contribution in [-0.4, -0.2) is 34.6 Å². The number of carbonyl (C=O) groups is 2. The number of nitrogens with one attached hydrogen (secondary N) is 1. The molecule has 0 heterocycles. The van der Waals surface area contributed by atoms with Crippen LogP contribution in [-0.2, 0) is 21.9 Å². The standard InChI is InChI=1S/C24H31BrN2O2S/c1-5-18(3)26-24(29)19(4)27(14-21-9-7-6-8-17(21)2)23(28)16-30-15-20-10-12-22(25)13-11-20/h6-13,18-19H,5,14-16H2,1-4H3,(H,26,29). The predicted molar refractivity (Wildman–Crippen MR) is 129 cm³/mol. The van der Waals surface area contributed by atoms with Gasteiger partial charge < -0.3 is 10.2 Å². The number of amides is 2. The summed E-state index contributed by atoms with van der Waals surface area (Å²) in [7, 11) is 0. The van der Waals surface area contributed by atoms with E-state index < -0.39 is 6.04 Å². The highest BCUT2D eigenvalue weighted by molar-refractivity contribution is 9.10. The van der Waals surface area contributed by atoms with E-state index >= 15 is 0 Å². The van der Waals surface area contributed by atoms with Crippen LogP contribution in [0.25, 0.3) is 0 Å². The molecule has 2 atom stereocenters. The zero-order chi connectivity index (χ0) is 22.1. The zero-order valence-corrected chi connectivity index (χ0v) is 20.6. The molecule has 162 valence electrons. The van der Waals surface area contributed by atoms with Crippen molar-refractivity contribution in [1.29, 1.82) is 0 Å². The first-order valence-corrected chi connectivity index (χ1v) is 12.2. The van der Waals surface area contributed by atoms with Crippen LogP contribution in [0, 0.1) is 6.92 Å². The average Bonchev–Trinajstić information content (AvgIpc) is 2.73. The molecule has 4 nitrogen and oxygen atoms in total. The van der Waals surface area contributed by atoms with Crippen molar-refractivity contribution in [1.82, 2.24) is 10.2 Å². The van der Waals surface area contributed by atoms with E-state index in [4.69, 9.17) is 0 Å². The van der Waals surface area contributed by atoms with E-state index in [2.05, 4.69) is 33.4 Å². The molecule has 0 saturated carbocycles. The number of hydrogen-bond donors (Lipinski definition) is 1. The summed E-state index contributed by atoms with van der Waals surface area (Å²) < 4.78 is 1.04. The molecule has 0 bridgehead atoms. The molecule has 2 aromatic rings. The molecule has 2 aromatic carbocycles. The quantitative estimate of drug-likeness (QED) is 0.489. The van der Waals surface area contributed by atoms with Crippen molar-refractivity contribution in [2.45, 2.75) is 58.5 Å². The van der Waals surface area contributed by atoms with Crippen molar-refractivity contribution in [2.24, 2.45) is 0 Å². The summed E-state index contributed by atoms with van der Waals surface area (Å²) in [5.41, 5.74) is 3.35. The predicted octanol–water partition coefficient (Wildman–Crippen LogP) is 5.32. The normalized spacial score (nSPS) is 12.8. The van der Waals surface area contributed by atoms with Crippen molar-refractivity contribution in [3.63, 3.8) is 0 Å². The summed E-state index contributed by atoms with van der Waals surface area (Å²) in [4.78, 5) is 27.6. The van der Waals surface area contributed by atoms with Gasteiger partial charge in [-0.2, -0.15) is 0 Å². The third-order valence-corrected chi connectivity index (χ3v) is 6.69. The third kappa shape index (κ3) is 7.47. The van der Waals surface area contributed by atoms with E-state index in [0.717, 1.165) is 27.8 Å². The number of thioether (sulfide) groups is 1. The lowest BCUT2D eigenvalue weighted by Crippen LogP contribution is -2.50. The summed E-state index contributed by atoms with van der Waals surface area (Å²) >= 11 is 5.01. The minimum Gasteiger partial charge on any atom is -0.352 e. The minimum absolute atomic E-state index is 0.0211. The van der Waals surface area contributed by atoms with E-state index in [1.165, 1.54) is 5.56 Å². The van der Waals surface area contributed by atoms with Crippen LogP contribution in [0.2, 0.25) is 0 Å². The van der Waals surface area contributed by atoms with E-state index in [9.17, 15) is 9.59 Å². The topological polar surface area (TPSA) is 49.4 Å². The smallest absolute Gasteiger partial charge is 0.242 e. The Morgan fingerprint density at radius 1 is 1.10 bits per heavy atom. The Morgan fingerprint density at radius 2 is 1.77 bits per heavy atom. The number of benzene rings is 2. The van der Waals surface area contributed by atoms with Gasteiger partial charge in [0.2, 0.25) is 11.8 Å². The van der Waals surface area contributed by atoms with Crippen LogP contribution in [0.3, 0.4) is 0 Å². The first kappa shape index (κ1) is 24.5. The van der Waals surface area contributed by atoms with Gasteiger partial charge in [0.1, 0.15) is 6.04 Å². The number of halogens is 1. The highest BCUT2D eigenvalue weighted by Crippen LogP contribution is 2.19. The van der Waals surface area contributed by atoms with Gasteiger partial charge in [0.05, 0.1) is 5.75 Å². The Balaban J connectivity index is 2.08. The van der Waals surface area contributed by atoms with Gasteiger partial charge in [-0.25, -0.2) is 0 Å². The lowest BCUT2D eigenvalue weighted by atomic mass is 10.1. The molecule has 0 aliphatic heterocycles. The largest absolute Gasteiger partial charge is 0.352 e. The van der Waals surface area contributed by atoms with Crippen molar-refractivity contribution in [3.8, 4) is 0 Å². The van der Waals surface area contributed by atoms with Crippen LogP contribution in [0.1, 0.15) is 43.9 Å². The fraction of sp³-hybridized carbons (Fsp3) is 0.417. The maximum absolute atomic E-state index is 13.1. The number of nitrogens with zero attached hydrogens (tertiary/aromatic N) is 1. The Morgan fingerprint density at radius 3 is 2.40 bits per heavy atom. The molecule has 0 radical (unpaired) electrons. The summed E-state index contributed by atoms with van der Waals surface area (Å²) in [6.45, 7) is 8.29. The lowest BCUT2D eigenvalue weighted by Gasteiger charge is -2.30. The number of aryl methyl sites for hydroxylation is 1. The number of rotatable bonds is 10. The number of hydrogen-bond acceptors (Lipinski definition) is 3. The second-order valence-electron chi connectivity index (χ2n) is 7.56. The molecule has 1 N–H and O–H groups in total. The maximum atomic E-state index is 13.1. The van der Waals surface area contributed by atoms with Gasteiger partial charge >= 0.3 is 0 Å². The van der Waals surface area contributed by atoms with Crippen LogP contribution >= 0.6 is 27.7 Å². The van der Waals surface area contributed by atoms with Crippen molar-refractivity contribution in [2.75, 3.05) is 5.75 Å². The van der Waals surface area contributed by atoms with Crippen LogP contribution in [0.5, 0.6) is 0 Å². The van der Waals surface area contributed by atoms with Crippen molar-refractivity contribution < 1.29 is 9.59 Å². The first-order valence-electron chi connectivity index (χ1n) is 10.3. The molecular formula is C24H31BrN2O2S. The maximum Gasteiger partial charge on any atom is 0.242 e. The SMILES string of the molecule is CCC(C)NC(=O)C(C)N(Cc1ccccc1C)C(=O)CSCc1ccc(Br)cc1.